The molecule has 2 aromatic rings. The van der Waals surface area contributed by atoms with E-state index in [2.05, 4.69) is 46.9 Å². The van der Waals surface area contributed by atoms with E-state index in [0.717, 1.165) is 10.0 Å². The number of hydrogen-bond donors (Lipinski definition) is 2. The first-order chi connectivity index (χ1) is 15.1. The van der Waals surface area contributed by atoms with Gasteiger partial charge in [0.05, 0.1) is 16.8 Å². The van der Waals surface area contributed by atoms with Crippen molar-refractivity contribution in [2.45, 2.75) is 59.0 Å². The van der Waals surface area contributed by atoms with Crippen LogP contribution in [-0.4, -0.2) is 23.1 Å². The van der Waals surface area contributed by atoms with E-state index in [9.17, 15) is 9.59 Å². The zero-order valence-corrected chi connectivity index (χ0v) is 20.7. The monoisotopic (exact) mass is 499 g/mol. The van der Waals surface area contributed by atoms with Crippen LogP contribution >= 0.6 is 15.9 Å². The molecule has 170 valence electrons. The summed E-state index contributed by atoms with van der Waals surface area (Å²) in [7, 11) is 0. The summed E-state index contributed by atoms with van der Waals surface area (Å²) < 4.78 is 6.88. The van der Waals surface area contributed by atoms with E-state index < -0.39 is 12.1 Å². The van der Waals surface area contributed by atoms with Crippen LogP contribution in [0.15, 0.2) is 46.9 Å². The Bertz CT molecular complexity index is 1000. The van der Waals surface area contributed by atoms with Crippen molar-refractivity contribution in [3.8, 4) is 17.6 Å². The molecule has 2 unspecified atom stereocenters. The van der Waals surface area contributed by atoms with Crippen molar-refractivity contribution >= 4 is 33.5 Å². The van der Waals surface area contributed by atoms with E-state index in [0.29, 0.717) is 17.4 Å². The van der Waals surface area contributed by atoms with Crippen LogP contribution in [0.3, 0.4) is 0 Å². The summed E-state index contributed by atoms with van der Waals surface area (Å²) in [5.74, 6) is 5.13. The normalized spacial score (nSPS) is 12.6. The number of carbonyl (C=O) groups excluding carboxylic acids is 1. The Morgan fingerprint density at radius 3 is 2.19 bits per heavy atom. The van der Waals surface area contributed by atoms with Gasteiger partial charge in [-0.2, -0.15) is 0 Å². The molecule has 0 heterocycles. The highest BCUT2D eigenvalue weighted by Gasteiger charge is 2.25. The highest BCUT2D eigenvalue weighted by atomic mass is 79.9. The minimum atomic E-state index is -0.903. The van der Waals surface area contributed by atoms with Crippen LogP contribution in [0.25, 0.3) is 0 Å². The predicted octanol–water partition coefficient (Wildman–Crippen LogP) is 6.20. The fraction of sp³-hybridized carbons (Fsp3) is 0.385. The second-order valence-corrected chi connectivity index (χ2v) is 9.14. The Morgan fingerprint density at radius 1 is 1.06 bits per heavy atom. The first kappa shape index (κ1) is 25.5. The Hall–Kier alpha value is -2.78. The maximum Gasteiger partial charge on any atom is 0.304 e. The minimum absolute atomic E-state index is 0.0503. The number of halogens is 1. The molecule has 0 bridgehead atoms. The summed E-state index contributed by atoms with van der Waals surface area (Å²) in [5, 5.41) is 12.0. The molecule has 2 rings (SSSR count). The van der Waals surface area contributed by atoms with Gasteiger partial charge < -0.3 is 15.2 Å². The average molecular weight is 500 g/mol. The first-order valence-corrected chi connectivity index (χ1v) is 11.4. The zero-order valence-electron chi connectivity index (χ0n) is 19.1. The van der Waals surface area contributed by atoms with Gasteiger partial charge in [-0.3, -0.25) is 9.59 Å². The van der Waals surface area contributed by atoms with Gasteiger partial charge in [-0.05, 0) is 70.1 Å². The summed E-state index contributed by atoms with van der Waals surface area (Å²) in [6.45, 7) is 9.80. The summed E-state index contributed by atoms with van der Waals surface area (Å²) in [5.41, 5.74) is 2.59. The summed E-state index contributed by atoms with van der Waals surface area (Å²) >= 11 is 3.55. The van der Waals surface area contributed by atoms with Gasteiger partial charge in [0.1, 0.15) is 5.75 Å². The molecule has 0 aromatic heterocycles. The smallest absolute Gasteiger partial charge is 0.304 e. The van der Waals surface area contributed by atoms with E-state index in [1.165, 1.54) is 5.56 Å². The Kier molecular flexibility index (Phi) is 9.34. The van der Waals surface area contributed by atoms with Gasteiger partial charge >= 0.3 is 5.97 Å². The third-order valence-corrected chi connectivity index (χ3v) is 5.64. The summed E-state index contributed by atoms with van der Waals surface area (Å²) in [6.07, 6.45) is -0.748. The number of carboxylic acids is 1. The fourth-order valence-corrected chi connectivity index (χ4v) is 3.70. The molecule has 5 nitrogen and oxygen atoms in total. The molecule has 0 radical (unpaired) electrons. The third kappa shape index (κ3) is 7.13. The van der Waals surface area contributed by atoms with Crippen LogP contribution in [0, 0.1) is 17.8 Å². The molecular formula is C26H30BrNO4. The lowest BCUT2D eigenvalue weighted by Crippen LogP contribution is -2.37. The molecule has 2 N–H and O–H groups in total. The molecular weight excluding hydrogens is 470 g/mol. The standard InChI is InChI=1S/C26H30BrNO4/c1-6-7-20(15-24(29)30)18-8-11-21(12-9-18)28-26(31)25(17(4)5)32-23-13-10-19(16(2)3)14-22(23)27/h8-14,16-17,20,25H,15H2,1-5H3,(H,28,31)(H,29,30). The highest BCUT2D eigenvalue weighted by molar-refractivity contribution is 9.10. The maximum absolute atomic E-state index is 13.0. The van der Waals surface area contributed by atoms with E-state index in [-0.39, 0.29) is 24.2 Å². The van der Waals surface area contributed by atoms with E-state index >= 15 is 0 Å². The topological polar surface area (TPSA) is 75.6 Å². The number of anilines is 1. The van der Waals surface area contributed by atoms with Gasteiger partial charge in [0.15, 0.2) is 6.10 Å². The van der Waals surface area contributed by atoms with E-state index in [4.69, 9.17) is 9.84 Å². The number of rotatable bonds is 9. The van der Waals surface area contributed by atoms with Crippen molar-refractivity contribution in [1.29, 1.82) is 0 Å². The molecule has 0 fully saturated rings. The van der Waals surface area contributed by atoms with Crippen molar-refractivity contribution in [3.63, 3.8) is 0 Å². The third-order valence-electron chi connectivity index (χ3n) is 5.02. The summed E-state index contributed by atoms with van der Waals surface area (Å²) in [6, 6.07) is 13.0. The molecule has 0 saturated carbocycles. The second-order valence-electron chi connectivity index (χ2n) is 8.28. The van der Waals surface area contributed by atoms with Crippen molar-refractivity contribution in [1.82, 2.24) is 0 Å². The average Bonchev–Trinajstić information content (AvgIpc) is 2.72. The van der Waals surface area contributed by atoms with E-state index in [1.54, 1.807) is 31.2 Å². The molecule has 0 aliphatic rings. The molecule has 0 aliphatic carbocycles. The quantitative estimate of drug-likeness (QED) is 0.403. The minimum Gasteiger partial charge on any atom is -0.481 e. The molecule has 0 spiro atoms. The van der Waals surface area contributed by atoms with Gasteiger partial charge in [0, 0.05) is 5.69 Å². The lowest BCUT2D eigenvalue weighted by Gasteiger charge is -2.23. The number of carbonyl (C=O) groups is 2. The van der Waals surface area contributed by atoms with Gasteiger partial charge in [-0.15, -0.1) is 5.92 Å². The van der Waals surface area contributed by atoms with Crippen molar-refractivity contribution in [2.24, 2.45) is 5.92 Å². The van der Waals surface area contributed by atoms with Crippen LogP contribution in [0.4, 0.5) is 5.69 Å². The highest BCUT2D eigenvalue weighted by Crippen LogP contribution is 2.31. The van der Waals surface area contributed by atoms with Crippen molar-refractivity contribution < 1.29 is 19.4 Å². The van der Waals surface area contributed by atoms with Crippen LogP contribution in [0.1, 0.15) is 64.0 Å². The van der Waals surface area contributed by atoms with E-state index in [1.807, 2.05) is 32.0 Å². The number of amides is 1. The van der Waals surface area contributed by atoms with Crippen LogP contribution in [0.2, 0.25) is 0 Å². The number of aliphatic carboxylic acids is 1. The molecule has 2 atom stereocenters. The molecule has 0 saturated heterocycles. The molecule has 6 heteroatoms. The molecule has 2 aromatic carbocycles. The summed E-state index contributed by atoms with van der Waals surface area (Å²) in [4.78, 5) is 24.1. The van der Waals surface area contributed by atoms with Gasteiger partial charge in [0.2, 0.25) is 0 Å². The Morgan fingerprint density at radius 2 is 1.69 bits per heavy atom. The largest absolute Gasteiger partial charge is 0.481 e. The molecule has 32 heavy (non-hydrogen) atoms. The van der Waals surface area contributed by atoms with Crippen molar-refractivity contribution in [2.75, 3.05) is 5.32 Å². The second kappa shape index (κ2) is 11.7. The molecule has 0 aliphatic heterocycles. The van der Waals surface area contributed by atoms with Crippen LogP contribution in [0.5, 0.6) is 5.75 Å². The predicted molar refractivity (Wildman–Crippen MR) is 131 cm³/mol. The zero-order chi connectivity index (χ0) is 23.8. The lowest BCUT2D eigenvalue weighted by molar-refractivity contribution is -0.137. The van der Waals surface area contributed by atoms with Gasteiger partial charge in [-0.1, -0.05) is 51.8 Å². The van der Waals surface area contributed by atoms with Crippen LogP contribution in [-0.2, 0) is 9.59 Å². The lowest BCUT2D eigenvalue weighted by atomic mass is 9.96. The Balaban J connectivity index is 2.14. The number of nitrogens with one attached hydrogen (secondary N) is 1. The number of benzene rings is 2. The Labute approximate surface area is 198 Å². The van der Waals surface area contributed by atoms with Gasteiger partial charge in [-0.25, -0.2) is 0 Å². The maximum atomic E-state index is 13.0. The van der Waals surface area contributed by atoms with Crippen LogP contribution < -0.4 is 10.1 Å². The number of hydrogen-bond acceptors (Lipinski definition) is 3. The number of carboxylic acid groups (broad SMARTS) is 1. The first-order valence-electron chi connectivity index (χ1n) is 10.6. The molecule has 1 amide bonds. The number of ether oxygens (including phenoxy) is 1. The van der Waals surface area contributed by atoms with Gasteiger partial charge in [0.25, 0.3) is 5.91 Å². The SMILES string of the molecule is CC#CC(CC(=O)O)c1ccc(NC(=O)C(Oc2ccc(C(C)C)cc2Br)C(C)C)cc1. The van der Waals surface area contributed by atoms with Crippen molar-refractivity contribution in [3.05, 3.63) is 58.1 Å². The fourth-order valence-electron chi connectivity index (χ4n) is 3.21.